The molecule has 0 aliphatic rings. The molecule has 0 bridgehead atoms. The van der Waals surface area contributed by atoms with Gasteiger partial charge in [0, 0.05) is 11.5 Å². The van der Waals surface area contributed by atoms with Crippen molar-refractivity contribution in [3.63, 3.8) is 0 Å². The first kappa shape index (κ1) is 46.1. The number of nitrogens with zero attached hydrogens (tertiary/aromatic N) is 4. The Bertz CT molecular complexity index is 2690. The van der Waals surface area contributed by atoms with E-state index >= 15 is 0 Å². The molecule has 0 aliphatic carbocycles. The monoisotopic (exact) mass is 930 g/mol. The SMILES string of the molecule is Cc1ccc(S(=O)(=O)N[C@@H](Cc2ccccc2)c2nnc(SCc3ccccc3)o2)cc1.Cc1ccc(S(=O)(=O)N[C@@H](Cc2ccccc2)c2nnc(SCc3ccccc3)o2)cc1. The predicted octanol–water partition coefficient (Wildman–Crippen LogP) is 9.87. The Hall–Kier alpha value is -5.88. The highest BCUT2D eigenvalue weighted by molar-refractivity contribution is 7.98. The van der Waals surface area contributed by atoms with Crippen molar-refractivity contribution in [3.05, 3.63) is 215 Å². The minimum absolute atomic E-state index is 0.194. The van der Waals surface area contributed by atoms with Crippen molar-refractivity contribution in [2.24, 2.45) is 0 Å². The molecular formula is C48H46N6O6S4. The summed E-state index contributed by atoms with van der Waals surface area (Å²) in [5.41, 5.74) is 6.17. The van der Waals surface area contributed by atoms with Crippen molar-refractivity contribution in [2.75, 3.05) is 0 Å². The van der Waals surface area contributed by atoms with Crippen molar-refractivity contribution in [1.29, 1.82) is 0 Å². The van der Waals surface area contributed by atoms with Crippen LogP contribution in [0, 0.1) is 13.8 Å². The van der Waals surface area contributed by atoms with Gasteiger partial charge in [-0.3, -0.25) is 0 Å². The van der Waals surface area contributed by atoms with E-state index in [1.807, 2.05) is 135 Å². The zero-order chi connectivity index (χ0) is 44.8. The van der Waals surface area contributed by atoms with Gasteiger partial charge < -0.3 is 8.83 Å². The van der Waals surface area contributed by atoms with Crippen LogP contribution < -0.4 is 9.44 Å². The third-order valence-electron chi connectivity index (χ3n) is 9.67. The van der Waals surface area contributed by atoms with E-state index < -0.39 is 32.1 Å². The molecule has 0 saturated carbocycles. The van der Waals surface area contributed by atoms with Gasteiger partial charge in [-0.05, 0) is 73.2 Å². The van der Waals surface area contributed by atoms with Crippen LogP contribution in [0.15, 0.2) is 199 Å². The molecule has 2 aromatic heterocycles. The predicted molar refractivity (Wildman–Crippen MR) is 249 cm³/mol. The second-order valence-corrected chi connectivity index (χ2v) is 20.0. The van der Waals surface area contributed by atoms with Gasteiger partial charge in [-0.25, -0.2) is 16.8 Å². The minimum atomic E-state index is -3.78. The van der Waals surface area contributed by atoms with Crippen LogP contribution in [0.3, 0.4) is 0 Å². The summed E-state index contributed by atoms with van der Waals surface area (Å²) in [5, 5.41) is 17.3. The highest BCUT2D eigenvalue weighted by atomic mass is 32.2. The molecule has 6 aromatic carbocycles. The molecule has 8 aromatic rings. The Morgan fingerprint density at radius 2 is 0.750 bits per heavy atom. The molecule has 0 spiro atoms. The fourth-order valence-electron chi connectivity index (χ4n) is 6.28. The van der Waals surface area contributed by atoms with Gasteiger partial charge in [-0.1, -0.05) is 180 Å². The summed E-state index contributed by atoms with van der Waals surface area (Å²) >= 11 is 2.83. The molecule has 0 saturated heterocycles. The molecule has 16 heteroatoms. The van der Waals surface area contributed by atoms with Crippen LogP contribution in [0.5, 0.6) is 0 Å². The lowest BCUT2D eigenvalue weighted by Gasteiger charge is -2.16. The fraction of sp³-hybridized carbons (Fsp3) is 0.167. The number of thioether (sulfide) groups is 2. The number of aryl methyl sites for hydroxylation is 2. The summed E-state index contributed by atoms with van der Waals surface area (Å²) in [6.07, 6.45) is 0.772. The lowest BCUT2D eigenvalue weighted by atomic mass is 10.1. The summed E-state index contributed by atoms with van der Waals surface area (Å²) in [7, 11) is -7.55. The van der Waals surface area contributed by atoms with E-state index in [0.29, 0.717) is 34.8 Å². The molecular weight excluding hydrogens is 885 g/mol. The van der Waals surface area contributed by atoms with Gasteiger partial charge in [0.1, 0.15) is 12.1 Å². The lowest BCUT2D eigenvalue weighted by molar-refractivity contribution is 0.373. The second kappa shape index (κ2) is 22.2. The van der Waals surface area contributed by atoms with Crippen LogP contribution in [0.4, 0.5) is 0 Å². The molecule has 2 atom stereocenters. The number of hydrogen-bond donors (Lipinski definition) is 2. The first-order valence-electron chi connectivity index (χ1n) is 20.3. The standard InChI is InChI=1S/2C24H23N3O3S2/c2*1-18-12-14-21(15-13-18)32(28,29)27-22(16-19-8-4-2-5-9-19)23-25-26-24(30-23)31-17-20-10-6-3-7-11-20/h2*2-15,22,27H,16-17H2,1H3/t2*22-/m00/s1. The summed E-state index contributed by atoms with van der Waals surface area (Å²) < 4.78 is 69.3. The number of rotatable bonds is 18. The van der Waals surface area contributed by atoms with E-state index in [4.69, 9.17) is 8.83 Å². The number of sulfonamides is 2. The first-order chi connectivity index (χ1) is 31.0. The highest BCUT2D eigenvalue weighted by Gasteiger charge is 2.28. The summed E-state index contributed by atoms with van der Waals surface area (Å²) in [6.45, 7) is 3.82. The number of hydrogen-bond acceptors (Lipinski definition) is 12. The van der Waals surface area contributed by atoms with Crippen LogP contribution in [-0.4, -0.2) is 37.2 Å². The third kappa shape index (κ3) is 13.6. The topological polar surface area (TPSA) is 170 Å². The fourth-order valence-corrected chi connectivity index (χ4v) is 10.1. The molecule has 0 aliphatic heterocycles. The first-order valence-corrected chi connectivity index (χ1v) is 25.2. The van der Waals surface area contributed by atoms with Crippen molar-refractivity contribution >= 4 is 43.6 Å². The van der Waals surface area contributed by atoms with E-state index in [1.165, 1.54) is 23.5 Å². The Labute approximate surface area is 382 Å². The van der Waals surface area contributed by atoms with Gasteiger partial charge in [0.25, 0.3) is 10.4 Å². The zero-order valence-electron chi connectivity index (χ0n) is 35.0. The number of benzene rings is 6. The second-order valence-electron chi connectivity index (χ2n) is 14.7. The molecule has 64 heavy (non-hydrogen) atoms. The smallest absolute Gasteiger partial charge is 0.276 e. The molecule has 0 amide bonds. The van der Waals surface area contributed by atoms with Crippen LogP contribution in [0.2, 0.25) is 0 Å². The van der Waals surface area contributed by atoms with E-state index in [2.05, 4.69) is 29.8 Å². The van der Waals surface area contributed by atoms with Gasteiger partial charge in [0.15, 0.2) is 0 Å². The summed E-state index contributed by atoms with van der Waals surface area (Å²) in [5.74, 6) is 1.84. The van der Waals surface area contributed by atoms with Crippen LogP contribution in [0.25, 0.3) is 0 Å². The van der Waals surface area contributed by atoms with E-state index in [1.54, 1.807) is 48.5 Å². The largest absolute Gasteiger partial charge is 0.414 e. The van der Waals surface area contributed by atoms with Gasteiger partial charge in [-0.2, -0.15) is 9.44 Å². The van der Waals surface area contributed by atoms with E-state index in [9.17, 15) is 16.8 Å². The minimum Gasteiger partial charge on any atom is -0.414 e. The van der Waals surface area contributed by atoms with Crippen molar-refractivity contribution < 1.29 is 25.7 Å². The van der Waals surface area contributed by atoms with Crippen LogP contribution in [0.1, 0.15) is 57.2 Å². The van der Waals surface area contributed by atoms with E-state index in [-0.39, 0.29) is 21.6 Å². The maximum Gasteiger partial charge on any atom is 0.276 e. The van der Waals surface area contributed by atoms with Gasteiger partial charge in [-0.15, -0.1) is 20.4 Å². The Balaban J connectivity index is 0.000000191. The average molecular weight is 931 g/mol. The molecule has 2 N–H and O–H groups in total. The molecule has 12 nitrogen and oxygen atoms in total. The van der Waals surface area contributed by atoms with Gasteiger partial charge in [0.05, 0.1) is 9.79 Å². The van der Waals surface area contributed by atoms with Gasteiger partial charge in [0.2, 0.25) is 31.8 Å². The molecule has 2 heterocycles. The number of aromatic nitrogens is 4. The maximum absolute atomic E-state index is 13.0. The normalized spacial score (nSPS) is 12.5. The Morgan fingerprint density at radius 1 is 0.438 bits per heavy atom. The Morgan fingerprint density at radius 3 is 1.08 bits per heavy atom. The maximum atomic E-state index is 13.0. The highest BCUT2D eigenvalue weighted by Crippen LogP contribution is 2.28. The van der Waals surface area contributed by atoms with Crippen LogP contribution in [-0.2, 0) is 44.4 Å². The summed E-state index contributed by atoms with van der Waals surface area (Å²) in [4.78, 5) is 0.388. The van der Waals surface area contributed by atoms with Crippen molar-refractivity contribution in [3.8, 4) is 0 Å². The molecule has 8 rings (SSSR count). The number of nitrogens with one attached hydrogen (secondary N) is 2. The van der Waals surface area contributed by atoms with Crippen LogP contribution >= 0.6 is 23.5 Å². The Kier molecular flexibility index (Phi) is 16.0. The quantitative estimate of drug-likeness (QED) is 0.0782. The van der Waals surface area contributed by atoms with Gasteiger partial charge >= 0.3 is 0 Å². The lowest BCUT2D eigenvalue weighted by Crippen LogP contribution is -2.30. The average Bonchev–Trinajstić information content (AvgIpc) is 4.00. The molecule has 0 radical (unpaired) electrons. The zero-order valence-corrected chi connectivity index (χ0v) is 38.3. The molecule has 328 valence electrons. The summed E-state index contributed by atoms with van der Waals surface area (Å²) in [6, 6.07) is 51.2. The molecule has 0 fully saturated rings. The van der Waals surface area contributed by atoms with E-state index in [0.717, 1.165) is 33.4 Å². The molecule has 0 unspecified atom stereocenters. The van der Waals surface area contributed by atoms with Crippen molar-refractivity contribution in [1.82, 2.24) is 29.8 Å². The third-order valence-corrected chi connectivity index (χ3v) is 14.4. The van der Waals surface area contributed by atoms with Crippen molar-refractivity contribution in [2.45, 2.75) is 70.5 Å².